The van der Waals surface area contributed by atoms with Crippen LogP contribution in [0.5, 0.6) is 5.75 Å². The molecule has 0 radical (unpaired) electrons. The molecule has 2 saturated heterocycles. The molecule has 4 aliphatic rings. The quantitative estimate of drug-likeness (QED) is 0.898. The van der Waals surface area contributed by atoms with E-state index >= 15 is 0 Å². The number of hydrogen-bond donors (Lipinski definition) is 1. The van der Waals surface area contributed by atoms with Crippen molar-refractivity contribution in [2.75, 3.05) is 26.8 Å². The van der Waals surface area contributed by atoms with E-state index in [1.807, 2.05) is 0 Å². The Balaban J connectivity index is 1.38. The summed E-state index contributed by atoms with van der Waals surface area (Å²) >= 11 is 0. The lowest BCUT2D eigenvalue weighted by Gasteiger charge is -2.51. The normalized spacial score (nSPS) is 32.8. The van der Waals surface area contributed by atoms with E-state index < -0.39 is 0 Å². The number of amides is 1. The van der Waals surface area contributed by atoms with E-state index in [1.54, 1.807) is 7.11 Å². The minimum absolute atomic E-state index is 0.0103. The van der Waals surface area contributed by atoms with E-state index in [0.717, 1.165) is 39.0 Å². The second kappa shape index (κ2) is 6.54. The molecule has 5 heteroatoms. The molecule has 5 nitrogen and oxygen atoms in total. The molecule has 0 spiro atoms. The van der Waals surface area contributed by atoms with E-state index in [0.29, 0.717) is 29.4 Å². The van der Waals surface area contributed by atoms with Crippen molar-refractivity contribution in [2.45, 2.75) is 56.7 Å². The maximum absolute atomic E-state index is 13.1. The molecule has 140 valence electrons. The van der Waals surface area contributed by atoms with Crippen LogP contribution in [0.2, 0.25) is 0 Å². The number of carbonyl (C=O) groups is 1. The van der Waals surface area contributed by atoms with Gasteiger partial charge in [0, 0.05) is 12.5 Å². The molecule has 1 N–H and O–H groups in total. The van der Waals surface area contributed by atoms with Gasteiger partial charge >= 0.3 is 0 Å². The van der Waals surface area contributed by atoms with E-state index in [1.165, 1.54) is 30.4 Å². The zero-order valence-electron chi connectivity index (χ0n) is 15.5. The first-order valence-electron chi connectivity index (χ1n) is 10.1. The fraction of sp³-hybridized carbons (Fsp3) is 0.667. The topological polar surface area (TPSA) is 50.8 Å². The highest BCUT2D eigenvalue weighted by atomic mass is 16.5. The molecule has 26 heavy (non-hydrogen) atoms. The van der Waals surface area contributed by atoms with Crippen LogP contribution in [-0.2, 0) is 17.6 Å². The lowest BCUT2D eigenvalue weighted by atomic mass is 9.70. The number of nitrogens with zero attached hydrogens (tertiary/aromatic N) is 1. The van der Waals surface area contributed by atoms with Gasteiger partial charge in [-0.1, -0.05) is 0 Å². The molecular formula is C21H28N2O3. The monoisotopic (exact) mass is 356 g/mol. The minimum Gasteiger partial charge on any atom is -0.496 e. The van der Waals surface area contributed by atoms with Crippen LogP contribution in [0, 0.1) is 5.92 Å². The average Bonchev–Trinajstić information content (AvgIpc) is 3.39. The first-order chi connectivity index (χ1) is 12.8. The zero-order chi connectivity index (χ0) is 17.7. The highest BCUT2D eigenvalue weighted by Gasteiger charge is 2.56. The van der Waals surface area contributed by atoms with Crippen molar-refractivity contribution >= 4 is 5.91 Å². The third-order valence-electron chi connectivity index (χ3n) is 6.87. The third kappa shape index (κ3) is 2.55. The molecule has 1 aromatic rings. The second-order valence-electron chi connectivity index (χ2n) is 8.20. The van der Waals surface area contributed by atoms with Crippen molar-refractivity contribution in [1.82, 2.24) is 10.2 Å². The molecular weight excluding hydrogens is 328 g/mol. The Labute approximate surface area is 155 Å². The van der Waals surface area contributed by atoms with E-state index in [2.05, 4.69) is 22.3 Å². The summed E-state index contributed by atoms with van der Waals surface area (Å²) in [6.07, 6.45) is 7.21. The fourth-order valence-corrected chi connectivity index (χ4v) is 5.52. The molecule has 4 atom stereocenters. The number of methoxy groups -OCH3 is 1. The van der Waals surface area contributed by atoms with Crippen molar-refractivity contribution in [3.05, 3.63) is 28.8 Å². The Kier molecular flexibility index (Phi) is 4.17. The Bertz CT molecular complexity index is 709. The number of likely N-dealkylation sites (tertiary alicyclic amines) is 1. The fourth-order valence-electron chi connectivity index (χ4n) is 5.52. The SMILES string of the molecule is COc1cc2c(cc1C(=O)N[C@H]1[C@H]3CCO[C@H]3[C@@H]1N1CCCC1)CCC2. The Morgan fingerprint density at radius 3 is 2.73 bits per heavy atom. The Hall–Kier alpha value is -1.59. The maximum atomic E-state index is 13.1. The smallest absolute Gasteiger partial charge is 0.255 e. The van der Waals surface area contributed by atoms with Gasteiger partial charge in [0.25, 0.3) is 5.91 Å². The van der Waals surface area contributed by atoms with Crippen LogP contribution in [0.15, 0.2) is 12.1 Å². The number of ether oxygens (including phenoxy) is 2. The summed E-state index contributed by atoms with van der Waals surface area (Å²) in [5.74, 6) is 1.18. The van der Waals surface area contributed by atoms with Gasteiger partial charge in [0.05, 0.1) is 30.9 Å². The van der Waals surface area contributed by atoms with E-state index in [-0.39, 0.29) is 11.9 Å². The van der Waals surface area contributed by atoms with Crippen molar-refractivity contribution in [2.24, 2.45) is 5.92 Å². The number of benzene rings is 1. The zero-order valence-corrected chi connectivity index (χ0v) is 15.5. The lowest BCUT2D eigenvalue weighted by molar-refractivity contribution is -0.0747. The van der Waals surface area contributed by atoms with Gasteiger partial charge in [0.15, 0.2) is 0 Å². The van der Waals surface area contributed by atoms with Crippen molar-refractivity contribution in [3.8, 4) is 5.75 Å². The van der Waals surface area contributed by atoms with Gasteiger partial charge in [0.1, 0.15) is 5.75 Å². The molecule has 0 aromatic heterocycles. The van der Waals surface area contributed by atoms with E-state index in [9.17, 15) is 4.79 Å². The summed E-state index contributed by atoms with van der Waals surface area (Å²) in [4.78, 5) is 15.7. The average molecular weight is 356 g/mol. The van der Waals surface area contributed by atoms with E-state index in [4.69, 9.17) is 9.47 Å². The van der Waals surface area contributed by atoms with Gasteiger partial charge in [-0.05, 0) is 74.9 Å². The number of nitrogens with one attached hydrogen (secondary N) is 1. The molecule has 0 unspecified atom stereocenters. The Morgan fingerprint density at radius 2 is 1.96 bits per heavy atom. The van der Waals surface area contributed by atoms with Gasteiger partial charge in [-0.2, -0.15) is 0 Å². The summed E-state index contributed by atoms with van der Waals surface area (Å²) < 4.78 is 11.5. The maximum Gasteiger partial charge on any atom is 0.255 e. The van der Waals surface area contributed by atoms with Crippen LogP contribution in [0.4, 0.5) is 0 Å². The summed E-state index contributed by atoms with van der Waals surface area (Å²) in [5, 5.41) is 3.36. The second-order valence-corrected chi connectivity index (χ2v) is 8.20. The van der Waals surface area contributed by atoms with Gasteiger partial charge in [-0.3, -0.25) is 9.69 Å². The van der Waals surface area contributed by atoms with Gasteiger partial charge < -0.3 is 14.8 Å². The molecule has 5 rings (SSSR count). The summed E-state index contributed by atoms with van der Waals surface area (Å²) in [6.45, 7) is 3.09. The van der Waals surface area contributed by atoms with Crippen LogP contribution in [0.25, 0.3) is 0 Å². The molecule has 1 amide bonds. The summed E-state index contributed by atoms with van der Waals surface area (Å²) in [5.41, 5.74) is 3.33. The standard InChI is InChI=1S/C21H28N2O3/c1-25-17-12-14-6-4-5-13(14)11-16(17)21(24)22-18-15-7-10-26-20(15)19(18)23-8-2-3-9-23/h11-12,15,18-20H,2-10H2,1H3,(H,22,24)/t15-,18+,19-,20-/m1/s1. The number of hydrogen-bond acceptors (Lipinski definition) is 4. The first kappa shape index (κ1) is 16.6. The van der Waals surface area contributed by atoms with Crippen molar-refractivity contribution in [3.63, 3.8) is 0 Å². The van der Waals surface area contributed by atoms with Crippen LogP contribution in [-0.4, -0.2) is 55.8 Å². The molecule has 1 aromatic carbocycles. The molecule has 2 aliphatic heterocycles. The van der Waals surface area contributed by atoms with Crippen molar-refractivity contribution < 1.29 is 14.3 Å². The Morgan fingerprint density at radius 1 is 1.19 bits per heavy atom. The number of aryl methyl sites for hydroxylation is 2. The molecule has 2 heterocycles. The summed E-state index contributed by atoms with van der Waals surface area (Å²) in [6, 6.07) is 4.67. The third-order valence-corrected chi connectivity index (χ3v) is 6.87. The highest BCUT2D eigenvalue weighted by molar-refractivity contribution is 5.97. The van der Waals surface area contributed by atoms with Crippen LogP contribution in [0.1, 0.15) is 47.2 Å². The summed E-state index contributed by atoms with van der Waals surface area (Å²) in [7, 11) is 1.66. The predicted molar refractivity (Wildman–Crippen MR) is 98.7 cm³/mol. The molecule has 1 saturated carbocycles. The highest BCUT2D eigenvalue weighted by Crippen LogP contribution is 2.43. The van der Waals surface area contributed by atoms with Crippen LogP contribution in [0.3, 0.4) is 0 Å². The number of rotatable bonds is 4. The van der Waals surface area contributed by atoms with Crippen LogP contribution < -0.4 is 10.1 Å². The van der Waals surface area contributed by atoms with Crippen LogP contribution >= 0.6 is 0 Å². The van der Waals surface area contributed by atoms with Gasteiger partial charge in [-0.15, -0.1) is 0 Å². The lowest BCUT2D eigenvalue weighted by Crippen LogP contribution is -2.70. The predicted octanol–water partition coefficient (Wildman–Crippen LogP) is 2.17. The van der Waals surface area contributed by atoms with Gasteiger partial charge in [-0.25, -0.2) is 0 Å². The number of fused-ring (bicyclic) bond motifs is 2. The molecule has 2 aliphatic carbocycles. The minimum atomic E-state index is 0.0103. The van der Waals surface area contributed by atoms with Gasteiger partial charge in [0.2, 0.25) is 0 Å². The van der Waals surface area contributed by atoms with Crippen molar-refractivity contribution in [1.29, 1.82) is 0 Å². The largest absolute Gasteiger partial charge is 0.496 e. The first-order valence-corrected chi connectivity index (χ1v) is 10.1. The number of carbonyl (C=O) groups excluding carboxylic acids is 1. The molecule has 0 bridgehead atoms. The molecule has 3 fully saturated rings.